The van der Waals surface area contributed by atoms with Crippen LogP contribution < -0.4 is 11.1 Å². The van der Waals surface area contributed by atoms with E-state index in [4.69, 9.17) is 0 Å². The zero-order valence-electron chi connectivity index (χ0n) is 13.8. The van der Waals surface area contributed by atoms with Crippen LogP contribution in [0.15, 0.2) is 46.3 Å². The number of aryl methyl sites for hydroxylation is 4. The minimum atomic E-state index is -0.0255. The summed E-state index contributed by atoms with van der Waals surface area (Å²) in [5.41, 5.74) is 9.13. The topological polar surface area (TPSA) is 51.3 Å². The number of anilines is 1. The van der Waals surface area contributed by atoms with E-state index in [1.165, 1.54) is 11.1 Å². The highest BCUT2D eigenvalue weighted by atomic mass is 16.1. The predicted molar refractivity (Wildman–Crippen MR) is 95.3 cm³/mol. The SMILES string of the molecule is Cc1cc(C)cc(N/N=C/c2ccc3c(c2)n(C)c(=O)n3C)c1. The summed E-state index contributed by atoms with van der Waals surface area (Å²) in [4.78, 5) is 11.9. The molecule has 1 aromatic heterocycles. The van der Waals surface area contributed by atoms with Crippen molar-refractivity contribution >= 4 is 22.9 Å². The highest BCUT2D eigenvalue weighted by molar-refractivity contribution is 5.87. The first-order valence-electron chi connectivity index (χ1n) is 7.48. The summed E-state index contributed by atoms with van der Waals surface area (Å²) in [5, 5.41) is 4.29. The minimum Gasteiger partial charge on any atom is -0.295 e. The zero-order valence-corrected chi connectivity index (χ0v) is 13.8. The molecule has 118 valence electrons. The highest BCUT2D eigenvalue weighted by Gasteiger charge is 2.07. The van der Waals surface area contributed by atoms with E-state index in [9.17, 15) is 4.79 Å². The molecular weight excluding hydrogens is 288 g/mol. The van der Waals surface area contributed by atoms with Gasteiger partial charge in [0.25, 0.3) is 0 Å². The molecule has 0 aliphatic rings. The molecule has 0 bridgehead atoms. The molecule has 0 aliphatic carbocycles. The number of hydrogen-bond donors (Lipinski definition) is 1. The standard InChI is InChI=1S/C18H20N4O/c1-12-7-13(2)9-15(8-12)20-19-11-14-5-6-16-17(10-14)22(4)18(23)21(16)3/h5-11,20H,1-4H3/b19-11+. The summed E-state index contributed by atoms with van der Waals surface area (Å²) in [6.45, 7) is 4.12. The molecule has 1 heterocycles. The van der Waals surface area contributed by atoms with Gasteiger partial charge in [-0.25, -0.2) is 4.79 Å². The van der Waals surface area contributed by atoms with Gasteiger partial charge in [-0.1, -0.05) is 12.1 Å². The van der Waals surface area contributed by atoms with Crippen LogP contribution in [0.1, 0.15) is 16.7 Å². The Labute approximate surface area is 134 Å². The van der Waals surface area contributed by atoms with E-state index in [0.717, 1.165) is 22.3 Å². The molecular formula is C18H20N4O. The first-order chi connectivity index (χ1) is 11.0. The van der Waals surface area contributed by atoms with Crippen molar-refractivity contribution < 1.29 is 0 Å². The third-order valence-electron chi connectivity index (χ3n) is 3.92. The fourth-order valence-electron chi connectivity index (χ4n) is 2.82. The number of imidazole rings is 1. The van der Waals surface area contributed by atoms with Crippen molar-refractivity contribution in [2.24, 2.45) is 19.2 Å². The Kier molecular flexibility index (Phi) is 3.78. The van der Waals surface area contributed by atoms with Crippen LogP contribution in [0.2, 0.25) is 0 Å². The molecule has 0 amide bonds. The van der Waals surface area contributed by atoms with E-state index in [0.29, 0.717) is 0 Å². The molecule has 3 aromatic rings. The predicted octanol–water partition coefficient (Wildman–Crippen LogP) is 2.94. The second-order valence-electron chi connectivity index (χ2n) is 5.90. The van der Waals surface area contributed by atoms with Gasteiger partial charge in [-0.3, -0.25) is 14.6 Å². The fraction of sp³-hybridized carbons (Fsp3) is 0.222. The summed E-state index contributed by atoms with van der Waals surface area (Å²) in [7, 11) is 3.55. The van der Waals surface area contributed by atoms with Gasteiger partial charge in [-0.05, 0) is 54.8 Å². The van der Waals surface area contributed by atoms with Crippen LogP contribution >= 0.6 is 0 Å². The smallest absolute Gasteiger partial charge is 0.295 e. The van der Waals surface area contributed by atoms with Crippen molar-refractivity contribution in [2.75, 3.05) is 5.43 Å². The van der Waals surface area contributed by atoms with Gasteiger partial charge in [-0.15, -0.1) is 0 Å². The van der Waals surface area contributed by atoms with Crippen LogP contribution in [0.5, 0.6) is 0 Å². The van der Waals surface area contributed by atoms with Gasteiger partial charge < -0.3 is 0 Å². The van der Waals surface area contributed by atoms with Crippen molar-refractivity contribution in [3.63, 3.8) is 0 Å². The van der Waals surface area contributed by atoms with E-state index in [1.54, 1.807) is 29.4 Å². The number of rotatable bonds is 3. The molecule has 0 radical (unpaired) electrons. The Balaban J connectivity index is 1.86. The zero-order chi connectivity index (χ0) is 16.6. The molecule has 0 saturated carbocycles. The lowest BCUT2D eigenvalue weighted by molar-refractivity contribution is 0.795. The van der Waals surface area contributed by atoms with Crippen LogP contribution in [-0.4, -0.2) is 15.3 Å². The maximum atomic E-state index is 11.9. The fourth-order valence-corrected chi connectivity index (χ4v) is 2.82. The van der Waals surface area contributed by atoms with Crippen LogP contribution in [0.3, 0.4) is 0 Å². The maximum Gasteiger partial charge on any atom is 0.328 e. The molecule has 0 fully saturated rings. The van der Waals surface area contributed by atoms with E-state index >= 15 is 0 Å². The van der Waals surface area contributed by atoms with Gasteiger partial charge in [0.05, 0.1) is 22.9 Å². The van der Waals surface area contributed by atoms with E-state index in [2.05, 4.69) is 42.6 Å². The first-order valence-corrected chi connectivity index (χ1v) is 7.48. The molecule has 3 rings (SSSR count). The molecule has 1 N–H and O–H groups in total. The average Bonchev–Trinajstić information content (AvgIpc) is 2.71. The number of aromatic nitrogens is 2. The normalized spacial score (nSPS) is 11.5. The number of fused-ring (bicyclic) bond motifs is 1. The number of benzene rings is 2. The number of nitrogens with one attached hydrogen (secondary N) is 1. The lowest BCUT2D eigenvalue weighted by Gasteiger charge is -2.03. The molecule has 2 aromatic carbocycles. The monoisotopic (exact) mass is 308 g/mol. The highest BCUT2D eigenvalue weighted by Crippen LogP contribution is 2.15. The quantitative estimate of drug-likeness (QED) is 0.597. The molecule has 5 heteroatoms. The molecule has 0 atom stereocenters. The van der Waals surface area contributed by atoms with Crippen molar-refractivity contribution in [1.29, 1.82) is 0 Å². The van der Waals surface area contributed by atoms with Crippen molar-refractivity contribution in [1.82, 2.24) is 9.13 Å². The summed E-state index contributed by atoms with van der Waals surface area (Å²) >= 11 is 0. The average molecular weight is 308 g/mol. The summed E-state index contributed by atoms with van der Waals surface area (Å²) in [6.07, 6.45) is 1.76. The molecule has 0 saturated heterocycles. The van der Waals surface area contributed by atoms with Crippen LogP contribution in [-0.2, 0) is 14.1 Å². The lowest BCUT2D eigenvalue weighted by Crippen LogP contribution is -2.19. The third kappa shape index (κ3) is 2.90. The van der Waals surface area contributed by atoms with Crippen LogP contribution in [0, 0.1) is 13.8 Å². The first kappa shape index (κ1) is 15.1. The van der Waals surface area contributed by atoms with Crippen molar-refractivity contribution in [2.45, 2.75) is 13.8 Å². The second-order valence-corrected chi connectivity index (χ2v) is 5.90. The molecule has 0 spiro atoms. The number of hydrogen-bond acceptors (Lipinski definition) is 3. The summed E-state index contributed by atoms with van der Waals surface area (Å²) < 4.78 is 3.29. The van der Waals surface area contributed by atoms with Crippen molar-refractivity contribution in [3.8, 4) is 0 Å². The molecule has 23 heavy (non-hydrogen) atoms. The Morgan fingerprint density at radius 1 is 0.957 bits per heavy atom. The molecule has 0 unspecified atom stereocenters. The van der Waals surface area contributed by atoms with E-state index in [1.807, 2.05) is 18.2 Å². The minimum absolute atomic E-state index is 0.0255. The van der Waals surface area contributed by atoms with Gasteiger partial charge in [0.1, 0.15) is 0 Å². The largest absolute Gasteiger partial charge is 0.328 e. The lowest BCUT2D eigenvalue weighted by atomic mass is 10.1. The molecule has 0 aliphatic heterocycles. The van der Waals surface area contributed by atoms with Gasteiger partial charge >= 0.3 is 5.69 Å². The Hall–Kier alpha value is -2.82. The third-order valence-corrected chi connectivity index (χ3v) is 3.92. The number of nitrogens with zero attached hydrogens (tertiary/aromatic N) is 3. The number of hydrazone groups is 1. The Morgan fingerprint density at radius 2 is 1.61 bits per heavy atom. The van der Waals surface area contributed by atoms with Crippen molar-refractivity contribution in [3.05, 3.63) is 63.6 Å². The van der Waals surface area contributed by atoms with Crippen LogP contribution in [0.4, 0.5) is 5.69 Å². The molecule has 5 nitrogen and oxygen atoms in total. The van der Waals surface area contributed by atoms with Gasteiger partial charge in [-0.2, -0.15) is 5.10 Å². The Bertz CT molecular complexity index is 943. The summed E-state index contributed by atoms with van der Waals surface area (Å²) in [5.74, 6) is 0. The van der Waals surface area contributed by atoms with Crippen LogP contribution in [0.25, 0.3) is 11.0 Å². The second kappa shape index (κ2) is 5.76. The van der Waals surface area contributed by atoms with Gasteiger partial charge in [0, 0.05) is 14.1 Å². The van der Waals surface area contributed by atoms with Gasteiger partial charge in [0.15, 0.2) is 0 Å². The van der Waals surface area contributed by atoms with E-state index in [-0.39, 0.29) is 5.69 Å². The Morgan fingerprint density at radius 3 is 2.30 bits per heavy atom. The van der Waals surface area contributed by atoms with E-state index < -0.39 is 0 Å². The van der Waals surface area contributed by atoms with Gasteiger partial charge in [0.2, 0.25) is 0 Å². The maximum absolute atomic E-state index is 11.9. The summed E-state index contributed by atoms with van der Waals surface area (Å²) in [6, 6.07) is 12.1.